The second kappa shape index (κ2) is 7.09. The quantitative estimate of drug-likeness (QED) is 0.855. The Morgan fingerprint density at radius 3 is 3.00 bits per heavy atom. The fraction of sp³-hybridized carbons (Fsp3) is 0.375. The van der Waals surface area contributed by atoms with Crippen molar-refractivity contribution in [3.8, 4) is 0 Å². The molecule has 2 N–H and O–H groups in total. The maximum Gasteiger partial charge on any atom is 0.269 e. The monoisotopic (exact) mass is 301 g/mol. The minimum absolute atomic E-state index is 0.137. The van der Waals surface area contributed by atoms with Crippen molar-refractivity contribution in [1.29, 1.82) is 0 Å². The second-order valence-electron chi connectivity index (χ2n) is 5.21. The van der Waals surface area contributed by atoms with Crippen molar-refractivity contribution < 1.29 is 13.9 Å². The Hall–Kier alpha value is -2.34. The highest BCUT2D eigenvalue weighted by Gasteiger charge is 2.17. The molecule has 3 rings (SSSR count). The zero-order valence-electron chi connectivity index (χ0n) is 12.2. The minimum Gasteiger partial charge on any atom is -0.467 e. The van der Waals surface area contributed by atoms with Gasteiger partial charge in [-0.3, -0.25) is 4.79 Å². The van der Waals surface area contributed by atoms with Crippen molar-refractivity contribution >= 4 is 11.6 Å². The Balaban J connectivity index is 1.48. The number of carbonyl (C=O) groups excluding carboxylic acids is 1. The fourth-order valence-electron chi connectivity index (χ4n) is 2.34. The zero-order chi connectivity index (χ0) is 15.2. The van der Waals surface area contributed by atoms with Crippen molar-refractivity contribution in [3.63, 3.8) is 0 Å². The third kappa shape index (κ3) is 3.85. The first-order valence-corrected chi connectivity index (χ1v) is 7.43. The van der Waals surface area contributed by atoms with E-state index in [4.69, 9.17) is 9.15 Å². The average molecular weight is 301 g/mol. The molecule has 116 valence electrons. The first kappa shape index (κ1) is 14.6. The van der Waals surface area contributed by atoms with E-state index in [0.717, 1.165) is 30.9 Å². The van der Waals surface area contributed by atoms with E-state index >= 15 is 0 Å². The van der Waals surface area contributed by atoms with Gasteiger partial charge in [-0.05, 0) is 37.1 Å². The molecule has 22 heavy (non-hydrogen) atoms. The number of aromatic nitrogens is 1. The lowest BCUT2D eigenvalue weighted by atomic mass is 10.2. The maximum atomic E-state index is 12.0. The van der Waals surface area contributed by atoms with Gasteiger partial charge < -0.3 is 19.8 Å². The molecule has 2 aromatic heterocycles. The molecule has 0 spiro atoms. The highest BCUT2D eigenvalue weighted by molar-refractivity contribution is 5.92. The highest BCUT2D eigenvalue weighted by Crippen LogP contribution is 2.11. The van der Waals surface area contributed by atoms with Crippen LogP contribution in [0.4, 0.5) is 5.69 Å². The topological polar surface area (TPSA) is 76.4 Å². The molecule has 6 nitrogen and oxygen atoms in total. The summed E-state index contributed by atoms with van der Waals surface area (Å²) in [7, 11) is 0. The molecule has 3 heterocycles. The molecule has 1 unspecified atom stereocenters. The Kier molecular flexibility index (Phi) is 4.70. The zero-order valence-corrected chi connectivity index (χ0v) is 12.2. The Bertz CT molecular complexity index is 590. The molecule has 0 saturated carbocycles. The number of rotatable bonds is 6. The van der Waals surface area contributed by atoms with Gasteiger partial charge >= 0.3 is 0 Å². The van der Waals surface area contributed by atoms with Crippen LogP contribution in [0.1, 0.15) is 29.1 Å². The lowest BCUT2D eigenvalue weighted by molar-refractivity contribution is 0.0854. The molecule has 2 aromatic rings. The van der Waals surface area contributed by atoms with Crippen LogP contribution < -0.4 is 10.6 Å². The van der Waals surface area contributed by atoms with Crippen molar-refractivity contribution in [3.05, 3.63) is 48.2 Å². The van der Waals surface area contributed by atoms with E-state index in [1.54, 1.807) is 18.5 Å². The van der Waals surface area contributed by atoms with Crippen molar-refractivity contribution in [2.45, 2.75) is 25.5 Å². The fourth-order valence-corrected chi connectivity index (χ4v) is 2.34. The van der Waals surface area contributed by atoms with Crippen molar-refractivity contribution in [2.75, 3.05) is 18.5 Å². The van der Waals surface area contributed by atoms with Gasteiger partial charge in [-0.15, -0.1) is 0 Å². The summed E-state index contributed by atoms with van der Waals surface area (Å²) in [5, 5.41) is 6.03. The molecule has 0 bridgehead atoms. The van der Waals surface area contributed by atoms with Gasteiger partial charge in [0.1, 0.15) is 11.5 Å². The number of hydrogen-bond acceptors (Lipinski definition) is 5. The van der Waals surface area contributed by atoms with Crippen LogP contribution in [0.3, 0.4) is 0 Å². The van der Waals surface area contributed by atoms with Crippen LogP contribution >= 0.6 is 0 Å². The van der Waals surface area contributed by atoms with E-state index in [1.807, 2.05) is 18.2 Å². The van der Waals surface area contributed by atoms with Crippen LogP contribution in [0, 0.1) is 0 Å². The smallest absolute Gasteiger partial charge is 0.269 e. The van der Waals surface area contributed by atoms with Crippen LogP contribution in [0.15, 0.2) is 41.1 Å². The molecule has 0 aliphatic carbocycles. The van der Waals surface area contributed by atoms with Crippen LogP contribution in [0.5, 0.6) is 0 Å². The number of hydrogen-bond donors (Lipinski definition) is 2. The summed E-state index contributed by atoms with van der Waals surface area (Å²) in [6, 6.07) is 7.27. The first-order chi connectivity index (χ1) is 10.8. The lowest BCUT2D eigenvalue weighted by Crippen LogP contribution is -2.32. The number of ether oxygens (including phenoxy) is 1. The summed E-state index contributed by atoms with van der Waals surface area (Å²) in [5.41, 5.74) is 1.24. The SMILES string of the molecule is O=C(NCC1CCCO1)c1ccc(NCc2ccco2)cn1. The number of amides is 1. The Morgan fingerprint density at radius 1 is 1.36 bits per heavy atom. The number of anilines is 1. The minimum atomic E-state index is -0.173. The standard InChI is InChI=1S/C16H19N3O3/c20-16(19-11-14-4-2-8-22-14)15-6-5-12(9-18-15)17-10-13-3-1-7-21-13/h1,3,5-7,9,14,17H,2,4,8,10-11H2,(H,19,20). The van der Waals surface area contributed by atoms with Gasteiger partial charge in [0.15, 0.2) is 0 Å². The van der Waals surface area contributed by atoms with Gasteiger partial charge in [0, 0.05) is 13.2 Å². The summed E-state index contributed by atoms with van der Waals surface area (Å²) >= 11 is 0. The lowest BCUT2D eigenvalue weighted by Gasteiger charge is -2.10. The van der Waals surface area contributed by atoms with E-state index in [-0.39, 0.29) is 12.0 Å². The summed E-state index contributed by atoms with van der Waals surface area (Å²) in [4.78, 5) is 16.2. The number of nitrogens with zero attached hydrogens (tertiary/aromatic N) is 1. The predicted molar refractivity (Wildman–Crippen MR) is 81.6 cm³/mol. The second-order valence-corrected chi connectivity index (χ2v) is 5.21. The van der Waals surface area contributed by atoms with Crippen LogP contribution in [0.25, 0.3) is 0 Å². The summed E-state index contributed by atoms with van der Waals surface area (Å²) < 4.78 is 10.7. The van der Waals surface area contributed by atoms with Crippen molar-refractivity contribution in [2.24, 2.45) is 0 Å². The third-order valence-electron chi connectivity index (χ3n) is 3.56. The van der Waals surface area contributed by atoms with E-state index in [0.29, 0.717) is 18.8 Å². The summed E-state index contributed by atoms with van der Waals surface area (Å²) in [6.45, 7) is 1.91. The van der Waals surface area contributed by atoms with E-state index in [2.05, 4.69) is 15.6 Å². The molecule has 1 atom stereocenters. The predicted octanol–water partition coefficient (Wildman–Crippen LogP) is 2.20. The van der Waals surface area contributed by atoms with Gasteiger partial charge in [0.25, 0.3) is 5.91 Å². The molecule has 1 aliphatic heterocycles. The van der Waals surface area contributed by atoms with E-state index in [1.165, 1.54) is 0 Å². The molecule has 1 aliphatic rings. The van der Waals surface area contributed by atoms with Crippen LogP contribution in [0.2, 0.25) is 0 Å². The Morgan fingerprint density at radius 2 is 2.32 bits per heavy atom. The number of carbonyl (C=O) groups is 1. The van der Waals surface area contributed by atoms with Gasteiger partial charge in [0.2, 0.25) is 0 Å². The first-order valence-electron chi connectivity index (χ1n) is 7.43. The number of nitrogens with one attached hydrogen (secondary N) is 2. The van der Waals surface area contributed by atoms with Crippen molar-refractivity contribution in [1.82, 2.24) is 10.3 Å². The molecule has 6 heteroatoms. The van der Waals surface area contributed by atoms with Gasteiger partial charge in [-0.25, -0.2) is 4.98 Å². The molecule has 1 saturated heterocycles. The normalized spacial score (nSPS) is 17.4. The third-order valence-corrected chi connectivity index (χ3v) is 3.56. The molecule has 0 radical (unpaired) electrons. The van der Waals surface area contributed by atoms with Crippen LogP contribution in [-0.4, -0.2) is 30.1 Å². The van der Waals surface area contributed by atoms with Gasteiger partial charge in [-0.2, -0.15) is 0 Å². The molecular weight excluding hydrogens is 282 g/mol. The molecular formula is C16H19N3O3. The van der Waals surface area contributed by atoms with E-state index < -0.39 is 0 Å². The number of furan rings is 1. The average Bonchev–Trinajstić information content (AvgIpc) is 3.24. The van der Waals surface area contributed by atoms with Gasteiger partial charge in [0.05, 0.1) is 30.8 Å². The highest BCUT2D eigenvalue weighted by atomic mass is 16.5. The van der Waals surface area contributed by atoms with Gasteiger partial charge in [-0.1, -0.05) is 0 Å². The maximum absolute atomic E-state index is 12.0. The number of pyridine rings is 1. The molecule has 1 fully saturated rings. The van der Waals surface area contributed by atoms with E-state index in [9.17, 15) is 4.79 Å². The molecule has 0 aromatic carbocycles. The Labute approximate surface area is 128 Å². The van der Waals surface area contributed by atoms with Crippen LogP contribution in [-0.2, 0) is 11.3 Å². The largest absolute Gasteiger partial charge is 0.467 e. The summed E-state index contributed by atoms with van der Waals surface area (Å²) in [6.07, 6.45) is 5.48. The molecule has 1 amide bonds. The summed E-state index contributed by atoms with van der Waals surface area (Å²) in [5.74, 6) is 0.673.